The Morgan fingerprint density at radius 1 is 1.19 bits per heavy atom. The fourth-order valence-corrected chi connectivity index (χ4v) is 7.20. The molecule has 3 heterocycles. The average molecular weight is 598 g/mol. The van der Waals surface area contributed by atoms with E-state index in [0.717, 1.165) is 47.5 Å². The number of aryl methyl sites for hydroxylation is 1. The predicted molar refractivity (Wildman–Crippen MR) is 167 cm³/mol. The molecule has 2 saturated heterocycles. The molecule has 1 unspecified atom stereocenters. The zero-order valence-corrected chi connectivity index (χ0v) is 26.6. The van der Waals surface area contributed by atoms with Gasteiger partial charge in [-0.15, -0.1) is 0 Å². The molecule has 1 atom stereocenters. The van der Waals surface area contributed by atoms with Crippen LogP contribution in [-0.2, 0) is 9.53 Å². The third-order valence-electron chi connectivity index (χ3n) is 9.10. The van der Waals surface area contributed by atoms with E-state index < -0.39 is 5.60 Å². The van der Waals surface area contributed by atoms with Crippen LogP contribution >= 0.6 is 11.6 Å². The van der Waals surface area contributed by atoms with E-state index in [4.69, 9.17) is 32.6 Å². The number of nitrogens with zero attached hydrogens (tertiary/aromatic N) is 5. The first-order chi connectivity index (χ1) is 19.7. The van der Waals surface area contributed by atoms with E-state index in [1.165, 1.54) is 6.21 Å². The summed E-state index contributed by atoms with van der Waals surface area (Å²) in [4.78, 5) is 30.8. The van der Waals surface area contributed by atoms with E-state index in [2.05, 4.69) is 23.4 Å². The maximum atomic E-state index is 12.5. The lowest BCUT2D eigenvalue weighted by atomic mass is 9.61. The Kier molecular flexibility index (Phi) is 7.75. The summed E-state index contributed by atoms with van der Waals surface area (Å²) >= 11 is 6.99. The lowest BCUT2D eigenvalue weighted by Gasteiger charge is -2.58. The van der Waals surface area contributed by atoms with Gasteiger partial charge in [-0.25, -0.2) is 4.79 Å². The van der Waals surface area contributed by atoms with Crippen LogP contribution in [-0.4, -0.2) is 82.2 Å². The molecule has 3 aliphatic rings. The third-order valence-corrected chi connectivity index (χ3v) is 9.59. The van der Waals surface area contributed by atoms with Gasteiger partial charge < -0.3 is 30.6 Å². The number of anilines is 2. The number of carbonyl (C=O) groups is 2. The van der Waals surface area contributed by atoms with Crippen LogP contribution in [0.1, 0.15) is 76.7 Å². The quantitative estimate of drug-likeness (QED) is 0.351. The maximum absolute atomic E-state index is 12.5. The molecule has 42 heavy (non-hydrogen) atoms. The van der Waals surface area contributed by atoms with Crippen molar-refractivity contribution in [3.63, 3.8) is 0 Å². The number of nitrogen functional groups attached to an aromatic ring is 1. The van der Waals surface area contributed by atoms with Crippen LogP contribution in [0, 0.1) is 24.7 Å². The Morgan fingerprint density at radius 3 is 2.43 bits per heavy atom. The van der Waals surface area contributed by atoms with Crippen molar-refractivity contribution in [3.05, 3.63) is 27.9 Å². The molecule has 1 aromatic heterocycles. The maximum Gasteiger partial charge on any atom is 0.410 e. The lowest BCUT2D eigenvalue weighted by molar-refractivity contribution is -0.129. The molecule has 1 saturated carbocycles. The summed E-state index contributed by atoms with van der Waals surface area (Å²) in [6.07, 6.45) is 3.72. The van der Waals surface area contributed by atoms with Crippen molar-refractivity contribution in [1.29, 1.82) is 5.41 Å². The summed E-state index contributed by atoms with van der Waals surface area (Å²) in [7, 11) is 0. The smallest absolute Gasteiger partial charge is 0.410 e. The molecule has 0 bridgehead atoms. The number of ether oxygens (including phenoxy) is 1. The van der Waals surface area contributed by atoms with Gasteiger partial charge in [-0.1, -0.05) is 18.5 Å². The van der Waals surface area contributed by atoms with Gasteiger partial charge in [0, 0.05) is 85.4 Å². The monoisotopic (exact) mass is 597 g/mol. The highest BCUT2D eigenvalue weighted by Crippen LogP contribution is 2.55. The molecular formula is C31H44ClN7O3. The van der Waals surface area contributed by atoms with Crippen LogP contribution in [0.5, 0.6) is 0 Å². The Bertz CT molecular complexity index is 1410. The largest absolute Gasteiger partial charge is 0.444 e. The minimum absolute atomic E-state index is 0.0799. The van der Waals surface area contributed by atoms with Gasteiger partial charge in [0.15, 0.2) is 5.82 Å². The van der Waals surface area contributed by atoms with Gasteiger partial charge in [-0.05, 0) is 65.5 Å². The molecule has 1 aromatic carbocycles. The van der Waals surface area contributed by atoms with Crippen molar-refractivity contribution in [2.45, 2.75) is 85.4 Å². The second kappa shape index (κ2) is 10.8. The summed E-state index contributed by atoms with van der Waals surface area (Å²) < 4.78 is 7.69. The molecule has 3 N–H and O–H groups in total. The van der Waals surface area contributed by atoms with Crippen LogP contribution < -0.4 is 10.6 Å². The summed E-state index contributed by atoms with van der Waals surface area (Å²) in [6.45, 7) is 16.7. The molecule has 11 heteroatoms. The van der Waals surface area contributed by atoms with Crippen LogP contribution in [0.2, 0.25) is 5.02 Å². The summed E-state index contributed by atoms with van der Waals surface area (Å²) in [5.74, 6) is 0.902. The number of hydrogen-bond acceptors (Lipinski definition) is 7. The lowest BCUT2D eigenvalue weighted by Crippen LogP contribution is -2.64. The van der Waals surface area contributed by atoms with Crippen LogP contribution in [0.4, 0.5) is 16.3 Å². The highest BCUT2D eigenvalue weighted by atomic mass is 35.5. The highest BCUT2D eigenvalue weighted by molar-refractivity contribution is 6.35. The fourth-order valence-electron chi connectivity index (χ4n) is 6.95. The van der Waals surface area contributed by atoms with E-state index in [0.29, 0.717) is 49.0 Å². The van der Waals surface area contributed by atoms with Gasteiger partial charge in [-0.3, -0.25) is 9.48 Å². The topological polar surface area (TPSA) is 121 Å². The molecule has 5 rings (SSSR count). The number of carbonyl (C=O) groups excluding carboxylic acids is 2. The molecule has 1 spiro atoms. The minimum Gasteiger partial charge on any atom is -0.444 e. The number of aromatic nitrogens is 2. The van der Waals surface area contributed by atoms with Crippen molar-refractivity contribution in [2.75, 3.05) is 43.4 Å². The van der Waals surface area contributed by atoms with Crippen molar-refractivity contribution in [3.8, 4) is 11.1 Å². The minimum atomic E-state index is -0.511. The normalized spacial score (nSPS) is 20.4. The van der Waals surface area contributed by atoms with Gasteiger partial charge in [0.25, 0.3) is 0 Å². The molecule has 10 nitrogen and oxygen atoms in total. The molecule has 1 aliphatic carbocycles. The third kappa shape index (κ3) is 5.23. The second-order valence-electron chi connectivity index (χ2n) is 13.4. The zero-order valence-electron chi connectivity index (χ0n) is 25.9. The Morgan fingerprint density at radius 2 is 1.86 bits per heavy atom. The highest BCUT2D eigenvalue weighted by Gasteiger charge is 2.55. The number of rotatable bonds is 5. The molecular weight excluding hydrogens is 554 g/mol. The first-order valence-corrected chi connectivity index (χ1v) is 15.2. The summed E-state index contributed by atoms with van der Waals surface area (Å²) in [5.41, 5.74) is 10.6. The Balaban J connectivity index is 1.50. The first-order valence-electron chi connectivity index (χ1n) is 14.9. The van der Waals surface area contributed by atoms with Crippen LogP contribution in [0.3, 0.4) is 0 Å². The zero-order chi connectivity index (χ0) is 30.7. The fraction of sp³-hybridized carbons (Fsp3) is 0.613. The van der Waals surface area contributed by atoms with E-state index in [9.17, 15) is 9.59 Å². The second-order valence-corrected chi connectivity index (χ2v) is 13.8. The molecule has 2 aliphatic heterocycles. The van der Waals surface area contributed by atoms with E-state index in [1.54, 1.807) is 11.8 Å². The van der Waals surface area contributed by atoms with E-state index >= 15 is 0 Å². The molecule has 228 valence electrons. The van der Waals surface area contributed by atoms with Crippen LogP contribution in [0.25, 0.3) is 11.1 Å². The SMILES string of the molecule is CCC1CN(C(C)=O)CCN1c1nn(C2CC3(C2)CN(C(=O)OC(C)(C)C)C3)c(C)c1-c1c(Cl)c(C)cc(N)c1C=N. The van der Waals surface area contributed by atoms with Crippen molar-refractivity contribution >= 4 is 41.3 Å². The van der Waals surface area contributed by atoms with Gasteiger partial charge in [-0.2, -0.15) is 5.10 Å². The summed E-state index contributed by atoms with van der Waals surface area (Å²) in [6, 6.07) is 2.09. The number of piperazine rings is 1. The predicted octanol–water partition coefficient (Wildman–Crippen LogP) is 5.42. The molecule has 0 radical (unpaired) electrons. The number of nitrogens with two attached hydrogens (primary N) is 1. The van der Waals surface area contributed by atoms with Crippen molar-refractivity contribution < 1.29 is 14.3 Å². The average Bonchev–Trinajstić information content (AvgIpc) is 3.18. The number of likely N-dealkylation sites (tertiary alicyclic amines) is 1. The number of hydrogen-bond donors (Lipinski definition) is 2. The van der Waals surface area contributed by atoms with Gasteiger partial charge in [0.2, 0.25) is 5.91 Å². The van der Waals surface area contributed by atoms with Gasteiger partial charge in [0.05, 0.1) is 11.1 Å². The van der Waals surface area contributed by atoms with Crippen LogP contribution in [0.15, 0.2) is 6.07 Å². The van der Waals surface area contributed by atoms with Gasteiger partial charge in [0.1, 0.15) is 5.60 Å². The Labute approximate surface area is 253 Å². The number of nitrogens with one attached hydrogen (secondary N) is 1. The first kappa shape index (κ1) is 30.2. The number of benzene rings is 1. The standard InChI is InChI=1S/C31H44ClN7O3/c1-8-21-15-36(20(4)40)9-10-38(21)28-25(26-23(14-33)24(34)11-18(2)27(26)32)19(3)39(35-28)22-12-31(13-22)16-37(17-31)29(41)42-30(5,6)7/h11,14,21-22,33H,8-10,12-13,15-17,34H2,1-7H3. The van der Waals surface area contributed by atoms with E-state index in [-0.39, 0.29) is 29.5 Å². The Hall–Kier alpha value is -3.27. The number of halogens is 1. The van der Waals surface area contributed by atoms with E-state index in [1.807, 2.05) is 38.7 Å². The number of amides is 2. The van der Waals surface area contributed by atoms with Crippen molar-refractivity contribution in [1.82, 2.24) is 19.6 Å². The van der Waals surface area contributed by atoms with Gasteiger partial charge >= 0.3 is 6.09 Å². The summed E-state index contributed by atoms with van der Waals surface area (Å²) in [5, 5.41) is 14.0. The molecule has 2 aromatic rings. The molecule has 3 fully saturated rings. The van der Waals surface area contributed by atoms with Crippen molar-refractivity contribution in [2.24, 2.45) is 5.41 Å². The molecule has 2 amide bonds.